The zero-order valence-electron chi connectivity index (χ0n) is 16.2. The van der Waals surface area contributed by atoms with Crippen molar-refractivity contribution >= 4 is 23.5 Å². The van der Waals surface area contributed by atoms with Gasteiger partial charge >= 0.3 is 11.9 Å². The Bertz CT molecular complexity index is 770. The lowest BCUT2D eigenvalue weighted by atomic mass is 10.1. The van der Waals surface area contributed by atoms with E-state index in [1.54, 1.807) is 24.3 Å². The molecule has 1 heterocycles. The van der Waals surface area contributed by atoms with E-state index in [-0.39, 0.29) is 17.5 Å². The standard InChI is InChI=1S/C21H26N2O5/c1-21(2)27-19(25)16(20(26)28-21)13-22-17-12-8-7-11-15(17)18(24)23-14-9-5-3-4-6-10-14/h7-8,11-14,22H,3-6,9-10H2,1-2H3,(H,23,24). The first-order valence-electron chi connectivity index (χ1n) is 9.69. The highest BCUT2D eigenvalue weighted by Gasteiger charge is 2.39. The predicted octanol–water partition coefficient (Wildman–Crippen LogP) is 3.27. The van der Waals surface area contributed by atoms with E-state index in [2.05, 4.69) is 10.6 Å². The van der Waals surface area contributed by atoms with Gasteiger partial charge in [0, 0.05) is 26.1 Å². The average molecular weight is 386 g/mol. The van der Waals surface area contributed by atoms with Gasteiger partial charge in [0.2, 0.25) is 0 Å². The molecule has 2 fully saturated rings. The van der Waals surface area contributed by atoms with Crippen LogP contribution < -0.4 is 10.6 Å². The monoisotopic (exact) mass is 386 g/mol. The Balaban J connectivity index is 1.72. The van der Waals surface area contributed by atoms with Crippen LogP contribution in [0.25, 0.3) is 0 Å². The number of cyclic esters (lactones) is 2. The summed E-state index contributed by atoms with van der Waals surface area (Å²) in [6.07, 6.45) is 7.85. The zero-order chi connectivity index (χ0) is 20.1. The number of ether oxygens (including phenoxy) is 2. The Morgan fingerprint density at radius 2 is 1.64 bits per heavy atom. The van der Waals surface area contributed by atoms with Crippen molar-refractivity contribution in [1.82, 2.24) is 5.32 Å². The van der Waals surface area contributed by atoms with E-state index < -0.39 is 17.7 Å². The summed E-state index contributed by atoms with van der Waals surface area (Å²) in [6.45, 7) is 2.97. The fraction of sp³-hybridized carbons (Fsp3) is 0.476. The molecule has 1 aromatic carbocycles. The Hall–Kier alpha value is -2.83. The van der Waals surface area contributed by atoms with Crippen LogP contribution in [0, 0.1) is 0 Å². The van der Waals surface area contributed by atoms with E-state index in [0.717, 1.165) is 25.7 Å². The van der Waals surface area contributed by atoms with Crippen molar-refractivity contribution in [3.63, 3.8) is 0 Å². The minimum absolute atomic E-state index is 0.173. The molecule has 1 aliphatic heterocycles. The number of rotatable bonds is 4. The van der Waals surface area contributed by atoms with E-state index in [4.69, 9.17) is 9.47 Å². The lowest BCUT2D eigenvalue weighted by Gasteiger charge is -2.29. The number of carbonyl (C=O) groups is 3. The second-order valence-corrected chi connectivity index (χ2v) is 7.59. The fourth-order valence-electron chi connectivity index (χ4n) is 3.42. The molecule has 150 valence electrons. The van der Waals surface area contributed by atoms with Crippen LogP contribution in [0.5, 0.6) is 0 Å². The number of para-hydroxylation sites is 1. The first kappa shape index (κ1) is 19.9. The molecule has 1 saturated heterocycles. The average Bonchev–Trinajstić information content (AvgIpc) is 2.89. The molecule has 0 atom stereocenters. The molecule has 0 aromatic heterocycles. The molecule has 7 nitrogen and oxygen atoms in total. The summed E-state index contributed by atoms with van der Waals surface area (Å²) in [6, 6.07) is 7.12. The van der Waals surface area contributed by atoms with Gasteiger partial charge in [0.25, 0.3) is 11.7 Å². The number of amides is 1. The number of hydrogen-bond donors (Lipinski definition) is 2. The molecule has 0 radical (unpaired) electrons. The highest BCUT2D eigenvalue weighted by atomic mass is 16.7. The minimum Gasteiger partial charge on any atom is -0.419 e. The summed E-state index contributed by atoms with van der Waals surface area (Å²) in [7, 11) is 0. The SMILES string of the molecule is CC1(C)OC(=O)C(=CNc2ccccc2C(=O)NC2CCCCCC2)C(=O)O1. The van der Waals surface area contributed by atoms with Crippen LogP contribution in [0.3, 0.4) is 0 Å². The van der Waals surface area contributed by atoms with E-state index in [1.807, 2.05) is 0 Å². The quantitative estimate of drug-likeness (QED) is 0.357. The zero-order valence-corrected chi connectivity index (χ0v) is 16.2. The Morgan fingerprint density at radius 1 is 1.04 bits per heavy atom. The van der Waals surface area contributed by atoms with E-state index in [1.165, 1.54) is 32.9 Å². The number of anilines is 1. The van der Waals surface area contributed by atoms with Gasteiger partial charge in [0.05, 0.1) is 11.3 Å². The maximum absolute atomic E-state index is 12.8. The molecule has 1 aromatic rings. The third-order valence-electron chi connectivity index (χ3n) is 4.85. The number of carbonyl (C=O) groups excluding carboxylic acids is 3. The predicted molar refractivity (Wildman–Crippen MR) is 103 cm³/mol. The maximum Gasteiger partial charge on any atom is 0.350 e. The lowest BCUT2D eigenvalue weighted by Crippen LogP contribution is -2.42. The normalized spacial score (nSPS) is 19.9. The second kappa shape index (κ2) is 8.46. The lowest BCUT2D eigenvalue weighted by molar-refractivity contribution is -0.222. The van der Waals surface area contributed by atoms with Crippen molar-refractivity contribution in [3.8, 4) is 0 Å². The van der Waals surface area contributed by atoms with Crippen LogP contribution in [0.2, 0.25) is 0 Å². The summed E-state index contributed by atoms with van der Waals surface area (Å²) >= 11 is 0. The van der Waals surface area contributed by atoms with E-state index in [0.29, 0.717) is 11.3 Å². The molecule has 2 N–H and O–H groups in total. The van der Waals surface area contributed by atoms with Crippen LogP contribution in [0.1, 0.15) is 62.7 Å². The van der Waals surface area contributed by atoms with Gasteiger partial charge in [-0.3, -0.25) is 4.79 Å². The third-order valence-corrected chi connectivity index (χ3v) is 4.85. The molecule has 2 aliphatic rings. The van der Waals surface area contributed by atoms with Crippen molar-refractivity contribution in [2.24, 2.45) is 0 Å². The number of esters is 2. The topological polar surface area (TPSA) is 93.7 Å². The van der Waals surface area contributed by atoms with Gasteiger partial charge in [-0.15, -0.1) is 0 Å². The van der Waals surface area contributed by atoms with Gasteiger partial charge in [-0.2, -0.15) is 0 Å². The highest BCUT2D eigenvalue weighted by molar-refractivity contribution is 6.15. The molecule has 3 rings (SSSR count). The number of nitrogens with one attached hydrogen (secondary N) is 2. The van der Waals surface area contributed by atoms with Crippen LogP contribution in [-0.2, 0) is 19.1 Å². The van der Waals surface area contributed by atoms with Gasteiger partial charge in [-0.05, 0) is 25.0 Å². The van der Waals surface area contributed by atoms with Gasteiger partial charge in [0.15, 0.2) is 5.57 Å². The van der Waals surface area contributed by atoms with Gasteiger partial charge in [-0.25, -0.2) is 9.59 Å². The largest absolute Gasteiger partial charge is 0.419 e. The summed E-state index contributed by atoms with van der Waals surface area (Å²) in [5.41, 5.74) is 0.686. The molecule has 0 bridgehead atoms. The molecule has 7 heteroatoms. The van der Waals surface area contributed by atoms with Crippen molar-refractivity contribution < 1.29 is 23.9 Å². The molecule has 1 aliphatic carbocycles. The van der Waals surface area contributed by atoms with Gasteiger partial charge < -0.3 is 20.1 Å². The van der Waals surface area contributed by atoms with Crippen LogP contribution in [0.15, 0.2) is 36.0 Å². The van der Waals surface area contributed by atoms with Crippen molar-refractivity contribution in [2.75, 3.05) is 5.32 Å². The number of benzene rings is 1. The van der Waals surface area contributed by atoms with Crippen molar-refractivity contribution in [1.29, 1.82) is 0 Å². The fourth-order valence-corrected chi connectivity index (χ4v) is 3.42. The highest BCUT2D eigenvalue weighted by Crippen LogP contribution is 2.24. The minimum atomic E-state index is -1.29. The summed E-state index contributed by atoms with van der Waals surface area (Å²) in [5.74, 6) is -3.01. The van der Waals surface area contributed by atoms with Gasteiger partial charge in [0.1, 0.15) is 0 Å². The number of hydrogen-bond acceptors (Lipinski definition) is 6. The molecule has 1 amide bonds. The Morgan fingerprint density at radius 3 is 2.29 bits per heavy atom. The molecule has 0 unspecified atom stereocenters. The summed E-state index contributed by atoms with van der Waals surface area (Å²) in [5, 5.41) is 5.98. The third kappa shape index (κ3) is 4.91. The smallest absolute Gasteiger partial charge is 0.350 e. The summed E-state index contributed by atoms with van der Waals surface area (Å²) in [4.78, 5) is 36.8. The molecular weight excluding hydrogens is 360 g/mol. The van der Waals surface area contributed by atoms with Crippen LogP contribution in [0.4, 0.5) is 5.69 Å². The Labute approximate surface area is 164 Å². The molecule has 1 saturated carbocycles. The van der Waals surface area contributed by atoms with Gasteiger partial charge in [-0.1, -0.05) is 37.8 Å². The maximum atomic E-state index is 12.8. The first-order valence-corrected chi connectivity index (χ1v) is 9.69. The van der Waals surface area contributed by atoms with E-state index in [9.17, 15) is 14.4 Å². The van der Waals surface area contributed by atoms with Crippen molar-refractivity contribution in [3.05, 3.63) is 41.6 Å². The molecule has 28 heavy (non-hydrogen) atoms. The molecule has 0 spiro atoms. The second-order valence-electron chi connectivity index (χ2n) is 7.59. The van der Waals surface area contributed by atoms with Crippen LogP contribution in [-0.4, -0.2) is 29.7 Å². The Kier molecular flexibility index (Phi) is 6.02. The molecular formula is C21H26N2O5. The summed E-state index contributed by atoms with van der Waals surface area (Å²) < 4.78 is 10.1. The van der Waals surface area contributed by atoms with Crippen molar-refractivity contribution in [2.45, 2.75) is 64.2 Å². The van der Waals surface area contributed by atoms with Crippen LogP contribution >= 0.6 is 0 Å². The van der Waals surface area contributed by atoms with E-state index >= 15 is 0 Å². The first-order chi connectivity index (χ1) is 13.4.